The van der Waals surface area contributed by atoms with Gasteiger partial charge in [-0.25, -0.2) is 4.39 Å². The Morgan fingerprint density at radius 3 is 2.57 bits per heavy atom. The predicted octanol–water partition coefficient (Wildman–Crippen LogP) is 4.39. The van der Waals surface area contributed by atoms with E-state index in [0.717, 1.165) is 50.9 Å². The van der Waals surface area contributed by atoms with E-state index in [9.17, 15) is 9.18 Å². The number of piperidine rings is 1. The first kappa shape index (κ1) is 18.9. The normalized spacial score (nSPS) is 16.1. The van der Waals surface area contributed by atoms with Crippen molar-refractivity contribution in [2.24, 2.45) is 5.92 Å². The van der Waals surface area contributed by atoms with E-state index in [1.54, 1.807) is 0 Å². The molecule has 5 heteroatoms. The van der Waals surface area contributed by atoms with E-state index in [1.807, 2.05) is 37.3 Å². The molecular weight excluding hydrogens is 355 g/mol. The Labute approximate surface area is 164 Å². The van der Waals surface area contributed by atoms with Gasteiger partial charge in [-0.2, -0.15) is 4.74 Å². The molecule has 1 aromatic heterocycles. The number of halogens is 1. The van der Waals surface area contributed by atoms with E-state index in [-0.39, 0.29) is 11.4 Å². The largest absolute Gasteiger partial charge is 0.376 e. The minimum absolute atomic E-state index is 0.0181. The average molecular weight is 382 g/mol. The summed E-state index contributed by atoms with van der Waals surface area (Å²) >= 11 is 0. The van der Waals surface area contributed by atoms with Crippen LogP contribution in [-0.4, -0.2) is 29.3 Å². The van der Waals surface area contributed by atoms with Gasteiger partial charge in [0.25, 0.3) is 5.56 Å². The van der Waals surface area contributed by atoms with Crippen LogP contribution in [0.1, 0.15) is 30.4 Å². The Hall–Kier alpha value is -2.40. The van der Waals surface area contributed by atoms with E-state index in [4.69, 9.17) is 4.52 Å². The van der Waals surface area contributed by atoms with Gasteiger partial charge in [0.2, 0.25) is 0 Å². The minimum Gasteiger partial charge on any atom is -0.376 e. The molecule has 0 radical (unpaired) electrons. The Morgan fingerprint density at radius 1 is 1.07 bits per heavy atom. The Balaban J connectivity index is 1.25. The number of nitrogens with zero attached hydrogens (tertiary/aromatic N) is 2. The highest BCUT2D eigenvalue weighted by Gasteiger charge is 2.20. The second kappa shape index (κ2) is 8.31. The van der Waals surface area contributed by atoms with Crippen LogP contribution in [0.25, 0.3) is 11.0 Å². The average Bonchev–Trinajstić information content (AvgIpc) is 3.02. The van der Waals surface area contributed by atoms with Gasteiger partial charge in [-0.15, -0.1) is 0 Å². The first-order valence-corrected chi connectivity index (χ1v) is 10.2. The van der Waals surface area contributed by atoms with Gasteiger partial charge in [-0.05, 0) is 81.4 Å². The Morgan fingerprint density at radius 2 is 1.82 bits per heavy atom. The van der Waals surface area contributed by atoms with Gasteiger partial charge in [0.1, 0.15) is 5.82 Å². The fourth-order valence-corrected chi connectivity index (χ4v) is 4.07. The molecule has 4 rings (SSSR count). The molecule has 28 heavy (non-hydrogen) atoms. The quantitative estimate of drug-likeness (QED) is 0.635. The first-order valence-electron chi connectivity index (χ1n) is 10.2. The number of hydrogen-bond acceptors (Lipinski definition) is 3. The topological polar surface area (TPSA) is 38.4 Å². The Bertz CT molecular complexity index is 982. The third-order valence-corrected chi connectivity index (χ3v) is 5.88. The van der Waals surface area contributed by atoms with Crippen molar-refractivity contribution in [2.75, 3.05) is 19.6 Å². The maximum atomic E-state index is 13.0. The van der Waals surface area contributed by atoms with Gasteiger partial charge >= 0.3 is 0 Å². The summed E-state index contributed by atoms with van der Waals surface area (Å²) in [5.41, 5.74) is 2.91. The fourth-order valence-electron chi connectivity index (χ4n) is 4.07. The zero-order valence-electron chi connectivity index (χ0n) is 16.4. The summed E-state index contributed by atoms with van der Waals surface area (Å²) in [6, 6.07) is 12.5. The lowest BCUT2D eigenvalue weighted by Crippen LogP contribution is -2.35. The van der Waals surface area contributed by atoms with E-state index in [1.165, 1.54) is 22.4 Å². The molecule has 2 aromatic carbocycles. The van der Waals surface area contributed by atoms with Crippen LogP contribution >= 0.6 is 0 Å². The van der Waals surface area contributed by atoms with Gasteiger partial charge in [0, 0.05) is 6.54 Å². The highest BCUT2D eigenvalue weighted by molar-refractivity contribution is 5.76. The molecule has 0 aliphatic carbocycles. The molecule has 1 aliphatic rings. The van der Waals surface area contributed by atoms with Crippen LogP contribution in [-0.2, 0) is 13.0 Å². The molecule has 0 atom stereocenters. The lowest BCUT2D eigenvalue weighted by Gasteiger charge is -2.31. The molecule has 1 saturated heterocycles. The molecule has 0 unspecified atom stereocenters. The van der Waals surface area contributed by atoms with E-state index in [0.29, 0.717) is 23.4 Å². The summed E-state index contributed by atoms with van der Waals surface area (Å²) in [6.45, 7) is 5.81. The molecule has 0 saturated carbocycles. The number of hydrogen-bond donors (Lipinski definition) is 0. The summed E-state index contributed by atoms with van der Waals surface area (Å²) in [5.74, 6) is 0.451. The third kappa shape index (κ3) is 4.36. The van der Waals surface area contributed by atoms with Crippen LogP contribution in [0.4, 0.5) is 4.39 Å². The van der Waals surface area contributed by atoms with E-state index >= 15 is 0 Å². The number of rotatable bonds is 6. The SMILES string of the molecule is Cc1ccc2on(CCC3CCN(CCc4ccc(F)cc4)CC3)c(=O)c2c1. The molecule has 0 bridgehead atoms. The molecule has 1 aliphatic heterocycles. The van der Waals surface area contributed by atoms with Crippen molar-refractivity contribution in [3.63, 3.8) is 0 Å². The Kier molecular flexibility index (Phi) is 5.62. The van der Waals surface area contributed by atoms with Gasteiger partial charge in [0.05, 0.1) is 11.9 Å². The van der Waals surface area contributed by atoms with Crippen LogP contribution in [0.2, 0.25) is 0 Å². The lowest BCUT2D eigenvalue weighted by atomic mass is 9.93. The maximum Gasteiger partial charge on any atom is 0.290 e. The summed E-state index contributed by atoms with van der Waals surface area (Å²) in [4.78, 5) is 15.0. The van der Waals surface area contributed by atoms with Gasteiger partial charge in [-0.1, -0.05) is 23.8 Å². The third-order valence-electron chi connectivity index (χ3n) is 5.88. The number of aryl methyl sites for hydroxylation is 2. The molecule has 148 valence electrons. The fraction of sp³-hybridized carbons (Fsp3) is 0.435. The number of aromatic nitrogens is 1. The van der Waals surface area contributed by atoms with Gasteiger partial charge in [0.15, 0.2) is 5.58 Å². The van der Waals surface area contributed by atoms with Crippen molar-refractivity contribution in [2.45, 2.75) is 39.2 Å². The zero-order valence-corrected chi connectivity index (χ0v) is 16.4. The molecule has 0 spiro atoms. The molecule has 0 amide bonds. The second-order valence-electron chi connectivity index (χ2n) is 7.95. The summed E-state index contributed by atoms with van der Waals surface area (Å²) in [6.07, 6.45) is 4.23. The second-order valence-corrected chi connectivity index (χ2v) is 7.95. The number of fused-ring (bicyclic) bond motifs is 1. The standard InChI is InChI=1S/C23H27FN2O2/c1-17-2-7-22-21(16-17)23(27)26(28-22)15-11-19-9-13-25(14-10-19)12-8-18-3-5-20(24)6-4-18/h2-7,16,19H,8-15H2,1H3. The molecule has 0 N–H and O–H groups in total. The highest BCUT2D eigenvalue weighted by Crippen LogP contribution is 2.22. The molecular formula is C23H27FN2O2. The van der Waals surface area contributed by atoms with E-state index in [2.05, 4.69) is 4.90 Å². The monoisotopic (exact) mass is 382 g/mol. The lowest BCUT2D eigenvalue weighted by molar-refractivity contribution is 0.166. The smallest absolute Gasteiger partial charge is 0.290 e. The van der Waals surface area contributed by atoms with Crippen molar-refractivity contribution in [1.82, 2.24) is 9.64 Å². The first-order chi connectivity index (χ1) is 13.6. The highest BCUT2D eigenvalue weighted by atomic mass is 19.1. The number of benzene rings is 2. The van der Waals surface area contributed by atoms with Gasteiger partial charge < -0.3 is 9.42 Å². The van der Waals surface area contributed by atoms with E-state index < -0.39 is 0 Å². The van der Waals surface area contributed by atoms with Crippen molar-refractivity contribution >= 4 is 11.0 Å². The molecule has 2 heterocycles. The van der Waals surface area contributed by atoms with Crippen LogP contribution in [0.5, 0.6) is 0 Å². The van der Waals surface area contributed by atoms with Crippen LogP contribution in [0.15, 0.2) is 51.8 Å². The maximum absolute atomic E-state index is 13.0. The zero-order chi connectivity index (χ0) is 19.5. The molecule has 1 fully saturated rings. The summed E-state index contributed by atoms with van der Waals surface area (Å²) in [5, 5.41) is 0.676. The van der Waals surface area contributed by atoms with Crippen molar-refractivity contribution in [3.8, 4) is 0 Å². The minimum atomic E-state index is -0.178. The number of likely N-dealkylation sites (tertiary alicyclic amines) is 1. The summed E-state index contributed by atoms with van der Waals surface area (Å²) < 4.78 is 20.2. The van der Waals surface area contributed by atoms with Crippen LogP contribution in [0, 0.1) is 18.7 Å². The van der Waals surface area contributed by atoms with Crippen LogP contribution in [0.3, 0.4) is 0 Å². The van der Waals surface area contributed by atoms with Crippen LogP contribution < -0.4 is 5.56 Å². The van der Waals surface area contributed by atoms with Gasteiger partial charge in [-0.3, -0.25) is 4.79 Å². The summed E-state index contributed by atoms with van der Waals surface area (Å²) in [7, 11) is 0. The van der Waals surface area contributed by atoms with Crippen molar-refractivity contribution < 1.29 is 8.91 Å². The molecule has 3 aromatic rings. The van der Waals surface area contributed by atoms with Crippen molar-refractivity contribution in [1.29, 1.82) is 0 Å². The van der Waals surface area contributed by atoms with Crippen molar-refractivity contribution in [3.05, 3.63) is 69.8 Å². The molecule has 4 nitrogen and oxygen atoms in total. The predicted molar refractivity (Wildman–Crippen MR) is 109 cm³/mol.